The molecule has 0 spiro atoms. The van der Waals surface area contributed by atoms with Crippen molar-refractivity contribution in [2.24, 2.45) is 14.1 Å². The first-order chi connectivity index (χ1) is 11.9. The lowest BCUT2D eigenvalue weighted by Crippen LogP contribution is -2.48. The van der Waals surface area contributed by atoms with Gasteiger partial charge >= 0.3 is 5.97 Å². The average Bonchev–Trinajstić information content (AvgIpc) is 3.12. The zero-order valence-corrected chi connectivity index (χ0v) is 14.6. The quantitative estimate of drug-likeness (QED) is 0.845. The Morgan fingerprint density at radius 2 is 1.88 bits per heavy atom. The van der Waals surface area contributed by atoms with Crippen LogP contribution in [0.25, 0.3) is 0 Å². The molecule has 0 aliphatic carbocycles. The summed E-state index contributed by atoms with van der Waals surface area (Å²) >= 11 is 0. The fraction of sp³-hybridized carbons (Fsp3) is 0.500. The summed E-state index contributed by atoms with van der Waals surface area (Å²) in [6.07, 6.45) is 3.35. The standard InChI is InChI=1S/C16H22N6O3/c1-11-12(8-17-20(11)3)9-21-4-6-22(7-5-21)15(23)13-10-19(2)18-14(13)16(24)25/h8,10H,4-7,9H2,1-3H3,(H,24,25). The third-order valence-electron chi connectivity index (χ3n) is 4.65. The van der Waals surface area contributed by atoms with Crippen LogP contribution in [0.3, 0.4) is 0 Å². The fourth-order valence-electron chi connectivity index (χ4n) is 3.02. The molecule has 9 nitrogen and oxygen atoms in total. The van der Waals surface area contributed by atoms with E-state index >= 15 is 0 Å². The number of carboxylic acids is 1. The Kier molecular flexibility index (Phi) is 4.58. The molecule has 9 heteroatoms. The zero-order valence-electron chi connectivity index (χ0n) is 14.6. The maximum atomic E-state index is 12.6. The molecular formula is C16H22N6O3. The number of aromatic nitrogens is 4. The van der Waals surface area contributed by atoms with Crippen LogP contribution in [0, 0.1) is 6.92 Å². The first-order valence-corrected chi connectivity index (χ1v) is 8.13. The van der Waals surface area contributed by atoms with Crippen LogP contribution in [0.4, 0.5) is 0 Å². The highest BCUT2D eigenvalue weighted by Crippen LogP contribution is 2.15. The largest absolute Gasteiger partial charge is 0.476 e. The number of piperazine rings is 1. The normalized spacial score (nSPS) is 15.6. The molecule has 0 bridgehead atoms. The van der Waals surface area contributed by atoms with E-state index in [1.807, 2.05) is 24.9 Å². The topological polar surface area (TPSA) is 96.5 Å². The molecule has 2 aromatic heterocycles. The molecule has 0 unspecified atom stereocenters. The van der Waals surface area contributed by atoms with Gasteiger partial charge in [0.05, 0.1) is 11.8 Å². The predicted molar refractivity (Wildman–Crippen MR) is 89.3 cm³/mol. The Balaban J connectivity index is 1.63. The molecule has 1 amide bonds. The number of hydrogen-bond acceptors (Lipinski definition) is 5. The molecule has 0 aromatic carbocycles. The van der Waals surface area contributed by atoms with Crippen LogP contribution in [0.5, 0.6) is 0 Å². The van der Waals surface area contributed by atoms with E-state index < -0.39 is 5.97 Å². The molecular weight excluding hydrogens is 324 g/mol. The van der Waals surface area contributed by atoms with Crippen LogP contribution in [0.2, 0.25) is 0 Å². The van der Waals surface area contributed by atoms with Gasteiger partial charge in [-0.3, -0.25) is 19.1 Å². The SMILES string of the molecule is Cc1c(CN2CCN(C(=O)c3cn(C)nc3C(=O)O)CC2)cnn1C. The summed E-state index contributed by atoms with van der Waals surface area (Å²) in [5.74, 6) is -1.46. The van der Waals surface area contributed by atoms with Crippen molar-refractivity contribution >= 4 is 11.9 Å². The summed E-state index contributed by atoms with van der Waals surface area (Å²) in [6, 6.07) is 0. The highest BCUT2D eigenvalue weighted by Gasteiger charge is 2.28. The third-order valence-corrected chi connectivity index (χ3v) is 4.65. The number of aromatic carboxylic acids is 1. The fourth-order valence-corrected chi connectivity index (χ4v) is 3.02. The van der Waals surface area contributed by atoms with Crippen molar-refractivity contribution in [2.45, 2.75) is 13.5 Å². The Morgan fingerprint density at radius 1 is 1.20 bits per heavy atom. The molecule has 0 atom stereocenters. The third kappa shape index (κ3) is 3.41. The summed E-state index contributed by atoms with van der Waals surface area (Å²) < 4.78 is 3.21. The van der Waals surface area contributed by atoms with Gasteiger partial charge in [0.1, 0.15) is 0 Å². The minimum Gasteiger partial charge on any atom is -0.476 e. The zero-order chi connectivity index (χ0) is 18.1. The van der Waals surface area contributed by atoms with Gasteiger partial charge in [-0.1, -0.05) is 0 Å². The highest BCUT2D eigenvalue weighted by atomic mass is 16.4. The number of aryl methyl sites for hydroxylation is 2. The van der Waals surface area contributed by atoms with E-state index in [1.165, 1.54) is 16.4 Å². The second-order valence-corrected chi connectivity index (χ2v) is 6.32. The molecule has 0 saturated carbocycles. The second kappa shape index (κ2) is 6.67. The Labute approximate surface area is 145 Å². The molecule has 1 saturated heterocycles. The van der Waals surface area contributed by atoms with Gasteiger partial charge < -0.3 is 10.0 Å². The second-order valence-electron chi connectivity index (χ2n) is 6.32. The molecule has 134 valence electrons. The summed E-state index contributed by atoms with van der Waals surface area (Å²) in [4.78, 5) is 27.9. The van der Waals surface area contributed by atoms with Crippen LogP contribution >= 0.6 is 0 Å². The predicted octanol–water partition coefficient (Wildman–Crippen LogP) is 0.118. The van der Waals surface area contributed by atoms with Crippen LogP contribution in [-0.2, 0) is 20.6 Å². The molecule has 25 heavy (non-hydrogen) atoms. The molecule has 1 fully saturated rings. The lowest BCUT2D eigenvalue weighted by molar-refractivity contribution is 0.0607. The maximum absolute atomic E-state index is 12.6. The molecule has 0 radical (unpaired) electrons. The van der Waals surface area contributed by atoms with Gasteiger partial charge in [-0.2, -0.15) is 10.2 Å². The van der Waals surface area contributed by atoms with E-state index in [-0.39, 0.29) is 17.2 Å². The number of carbonyl (C=O) groups excluding carboxylic acids is 1. The number of rotatable bonds is 4. The van der Waals surface area contributed by atoms with Crippen molar-refractivity contribution in [3.8, 4) is 0 Å². The van der Waals surface area contributed by atoms with Crippen LogP contribution < -0.4 is 0 Å². The van der Waals surface area contributed by atoms with Crippen molar-refractivity contribution in [1.82, 2.24) is 29.4 Å². The van der Waals surface area contributed by atoms with Crippen LogP contribution in [0.15, 0.2) is 12.4 Å². The van der Waals surface area contributed by atoms with Crippen LogP contribution in [-0.4, -0.2) is 72.5 Å². The minimum absolute atomic E-state index is 0.145. The number of carbonyl (C=O) groups is 2. The van der Waals surface area contributed by atoms with Crippen molar-refractivity contribution in [2.75, 3.05) is 26.2 Å². The Morgan fingerprint density at radius 3 is 2.44 bits per heavy atom. The summed E-state index contributed by atoms with van der Waals surface area (Å²) in [7, 11) is 3.53. The van der Waals surface area contributed by atoms with Gasteiger partial charge in [0.15, 0.2) is 5.69 Å². The summed E-state index contributed by atoms with van der Waals surface area (Å²) in [5, 5.41) is 17.3. The van der Waals surface area contributed by atoms with Gasteiger partial charge in [0, 0.05) is 64.3 Å². The summed E-state index contributed by atoms with van der Waals surface area (Å²) in [6.45, 7) is 5.44. The van der Waals surface area contributed by atoms with E-state index in [1.54, 1.807) is 11.9 Å². The van der Waals surface area contributed by atoms with Gasteiger partial charge in [-0.05, 0) is 6.92 Å². The number of amides is 1. The van der Waals surface area contributed by atoms with E-state index in [4.69, 9.17) is 0 Å². The van der Waals surface area contributed by atoms with Gasteiger partial charge in [-0.25, -0.2) is 4.79 Å². The number of carboxylic acid groups (broad SMARTS) is 1. The van der Waals surface area contributed by atoms with Crippen molar-refractivity contribution in [3.05, 3.63) is 34.9 Å². The first kappa shape index (κ1) is 17.2. The van der Waals surface area contributed by atoms with Crippen molar-refractivity contribution in [3.63, 3.8) is 0 Å². The first-order valence-electron chi connectivity index (χ1n) is 8.13. The van der Waals surface area contributed by atoms with Gasteiger partial charge in [0.25, 0.3) is 5.91 Å². The monoisotopic (exact) mass is 346 g/mol. The Bertz CT molecular complexity index is 801. The van der Waals surface area contributed by atoms with E-state index in [9.17, 15) is 14.7 Å². The van der Waals surface area contributed by atoms with Gasteiger partial charge in [0.2, 0.25) is 0 Å². The highest BCUT2D eigenvalue weighted by molar-refractivity contribution is 6.03. The molecule has 1 N–H and O–H groups in total. The van der Waals surface area contributed by atoms with Crippen molar-refractivity contribution < 1.29 is 14.7 Å². The maximum Gasteiger partial charge on any atom is 0.357 e. The number of nitrogens with zero attached hydrogens (tertiary/aromatic N) is 6. The van der Waals surface area contributed by atoms with E-state index in [0.717, 1.165) is 25.3 Å². The molecule has 3 heterocycles. The van der Waals surface area contributed by atoms with Crippen LogP contribution in [0.1, 0.15) is 32.1 Å². The van der Waals surface area contributed by atoms with E-state index in [2.05, 4.69) is 15.1 Å². The molecule has 1 aliphatic heterocycles. The smallest absolute Gasteiger partial charge is 0.357 e. The van der Waals surface area contributed by atoms with E-state index in [0.29, 0.717) is 13.1 Å². The average molecular weight is 346 g/mol. The molecule has 1 aliphatic rings. The summed E-state index contributed by atoms with van der Waals surface area (Å²) in [5.41, 5.74) is 2.27. The Hall–Kier alpha value is -2.68. The lowest BCUT2D eigenvalue weighted by Gasteiger charge is -2.34. The van der Waals surface area contributed by atoms with Gasteiger partial charge in [-0.15, -0.1) is 0 Å². The van der Waals surface area contributed by atoms with Crippen molar-refractivity contribution in [1.29, 1.82) is 0 Å². The molecule has 3 rings (SSSR count). The number of hydrogen-bond donors (Lipinski definition) is 1. The minimum atomic E-state index is -1.19. The molecule has 2 aromatic rings. The lowest BCUT2D eigenvalue weighted by atomic mass is 10.2.